The standard InChI is InChI=1S/C26H30N6O2/c1-31-18-29-30-22(31)14-26(16-34-17-26)20-5-2-4-19(12-20)13-23(33)32-15-25(7-10-27-11-8-25)21-6-3-9-28-24(21)32/h2-6,9,12,18,27H,7-8,10-11,13-17H2,1H3. The molecule has 34 heavy (non-hydrogen) atoms. The highest BCUT2D eigenvalue weighted by Gasteiger charge is 2.46. The van der Waals surface area contributed by atoms with Crippen LogP contribution in [0.3, 0.4) is 0 Å². The van der Waals surface area contributed by atoms with Crippen molar-refractivity contribution in [2.75, 3.05) is 37.7 Å². The fourth-order valence-corrected chi connectivity index (χ4v) is 5.80. The van der Waals surface area contributed by atoms with Crippen LogP contribution in [0, 0.1) is 0 Å². The molecule has 1 amide bonds. The largest absolute Gasteiger partial charge is 0.379 e. The van der Waals surface area contributed by atoms with Crippen LogP contribution in [0.15, 0.2) is 48.9 Å². The molecule has 1 spiro atoms. The summed E-state index contributed by atoms with van der Waals surface area (Å²) in [5.74, 6) is 1.90. The Morgan fingerprint density at radius 2 is 2.03 bits per heavy atom. The molecular formula is C26H30N6O2. The second-order valence-electron chi connectivity index (χ2n) is 10.1. The zero-order valence-electron chi connectivity index (χ0n) is 19.5. The maximum atomic E-state index is 13.6. The van der Waals surface area contributed by atoms with Crippen LogP contribution < -0.4 is 10.2 Å². The quantitative estimate of drug-likeness (QED) is 0.629. The fraction of sp³-hybridized carbons (Fsp3) is 0.462. The summed E-state index contributed by atoms with van der Waals surface area (Å²) in [7, 11) is 1.97. The average Bonchev–Trinajstić information content (AvgIpc) is 3.38. The minimum Gasteiger partial charge on any atom is -0.379 e. The zero-order chi connectivity index (χ0) is 23.2. The SMILES string of the molecule is Cn1cnnc1CC1(c2cccc(CC(=O)N3CC4(CCNCC4)c4cccnc43)c2)COC1. The van der Waals surface area contributed by atoms with E-state index < -0.39 is 0 Å². The Kier molecular flexibility index (Phi) is 5.22. The molecule has 5 heterocycles. The van der Waals surface area contributed by atoms with Gasteiger partial charge in [-0.15, -0.1) is 10.2 Å². The van der Waals surface area contributed by atoms with Crippen molar-refractivity contribution >= 4 is 11.7 Å². The Hall–Kier alpha value is -3.10. The molecule has 1 N–H and O–H groups in total. The lowest BCUT2D eigenvalue weighted by Crippen LogP contribution is -2.49. The molecule has 0 unspecified atom stereocenters. The van der Waals surface area contributed by atoms with Crippen LogP contribution in [0.5, 0.6) is 0 Å². The van der Waals surface area contributed by atoms with Crippen molar-refractivity contribution in [1.29, 1.82) is 0 Å². The van der Waals surface area contributed by atoms with Crippen LogP contribution in [-0.4, -0.2) is 58.5 Å². The third-order valence-corrected chi connectivity index (χ3v) is 7.89. The molecule has 0 bridgehead atoms. The van der Waals surface area contributed by atoms with E-state index in [9.17, 15) is 4.79 Å². The second-order valence-corrected chi connectivity index (χ2v) is 10.1. The molecule has 8 nitrogen and oxygen atoms in total. The first-order chi connectivity index (χ1) is 16.6. The van der Waals surface area contributed by atoms with E-state index in [4.69, 9.17) is 4.74 Å². The number of amides is 1. The topological polar surface area (TPSA) is 85.2 Å². The van der Waals surface area contributed by atoms with Crippen LogP contribution >= 0.6 is 0 Å². The van der Waals surface area contributed by atoms with Crippen molar-refractivity contribution in [2.45, 2.75) is 36.5 Å². The smallest absolute Gasteiger partial charge is 0.232 e. The van der Waals surface area contributed by atoms with Crippen LogP contribution in [0.25, 0.3) is 0 Å². The highest BCUT2D eigenvalue weighted by atomic mass is 16.5. The molecular weight excluding hydrogens is 428 g/mol. The number of aryl methyl sites for hydroxylation is 1. The molecule has 0 atom stereocenters. The number of carbonyl (C=O) groups is 1. The van der Waals surface area contributed by atoms with Gasteiger partial charge >= 0.3 is 0 Å². The maximum absolute atomic E-state index is 13.6. The lowest BCUT2D eigenvalue weighted by molar-refractivity contribution is -0.118. The summed E-state index contributed by atoms with van der Waals surface area (Å²) in [4.78, 5) is 20.1. The van der Waals surface area contributed by atoms with Gasteiger partial charge < -0.3 is 14.6 Å². The lowest BCUT2D eigenvalue weighted by atomic mass is 9.75. The monoisotopic (exact) mass is 458 g/mol. The first-order valence-corrected chi connectivity index (χ1v) is 12.1. The normalized spacial score (nSPS) is 20.2. The van der Waals surface area contributed by atoms with E-state index in [-0.39, 0.29) is 16.7 Å². The van der Waals surface area contributed by atoms with E-state index in [0.29, 0.717) is 19.6 Å². The first kappa shape index (κ1) is 21.4. The molecule has 8 heteroatoms. The van der Waals surface area contributed by atoms with Gasteiger partial charge in [-0.25, -0.2) is 4.98 Å². The third-order valence-electron chi connectivity index (χ3n) is 7.89. The number of anilines is 1. The van der Waals surface area contributed by atoms with E-state index in [0.717, 1.165) is 56.1 Å². The number of rotatable bonds is 5. The van der Waals surface area contributed by atoms with E-state index in [1.165, 1.54) is 11.1 Å². The number of hydrogen-bond acceptors (Lipinski definition) is 6. The Bertz CT molecular complexity index is 1210. The predicted octanol–water partition coefficient (Wildman–Crippen LogP) is 1.93. The predicted molar refractivity (Wildman–Crippen MR) is 128 cm³/mol. The van der Waals surface area contributed by atoms with E-state index in [1.54, 1.807) is 12.5 Å². The van der Waals surface area contributed by atoms with Gasteiger partial charge in [-0.3, -0.25) is 9.69 Å². The van der Waals surface area contributed by atoms with Crippen LogP contribution in [-0.2, 0) is 40.3 Å². The summed E-state index contributed by atoms with van der Waals surface area (Å²) in [6.45, 7) is 3.99. The number of pyridine rings is 1. The van der Waals surface area contributed by atoms with Crippen molar-refractivity contribution in [1.82, 2.24) is 25.1 Å². The first-order valence-electron chi connectivity index (χ1n) is 12.1. The van der Waals surface area contributed by atoms with Gasteiger partial charge in [0, 0.05) is 42.6 Å². The summed E-state index contributed by atoms with van der Waals surface area (Å²) in [5, 5.41) is 11.8. The minimum atomic E-state index is -0.124. The van der Waals surface area contributed by atoms with Crippen molar-refractivity contribution in [3.63, 3.8) is 0 Å². The number of carbonyl (C=O) groups excluding carboxylic acids is 1. The molecule has 3 aromatic rings. The van der Waals surface area contributed by atoms with E-state index in [2.05, 4.69) is 44.8 Å². The Balaban J connectivity index is 1.24. The van der Waals surface area contributed by atoms with Gasteiger partial charge in [0.2, 0.25) is 5.91 Å². The number of nitrogens with zero attached hydrogens (tertiary/aromatic N) is 5. The van der Waals surface area contributed by atoms with E-state index >= 15 is 0 Å². The van der Waals surface area contributed by atoms with Crippen molar-refractivity contribution in [3.8, 4) is 0 Å². The number of ether oxygens (including phenoxy) is 1. The number of benzene rings is 1. The maximum Gasteiger partial charge on any atom is 0.232 e. The van der Waals surface area contributed by atoms with Crippen molar-refractivity contribution in [2.24, 2.45) is 7.05 Å². The number of piperidine rings is 1. The molecule has 0 saturated carbocycles. The molecule has 2 fully saturated rings. The van der Waals surface area contributed by atoms with Gasteiger partial charge in [-0.1, -0.05) is 30.3 Å². The summed E-state index contributed by atoms with van der Waals surface area (Å²) in [5.41, 5.74) is 3.35. The minimum absolute atomic E-state index is 0.0236. The van der Waals surface area contributed by atoms with Gasteiger partial charge in [0.05, 0.1) is 19.6 Å². The fourth-order valence-electron chi connectivity index (χ4n) is 5.80. The molecule has 3 aliphatic rings. The summed E-state index contributed by atoms with van der Waals surface area (Å²) < 4.78 is 7.60. The molecule has 1 aromatic carbocycles. The third kappa shape index (κ3) is 3.52. The molecule has 176 valence electrons. The molecule has 3 aliphatic heterocycles. The van der Waals surface area contributed by atoms with Crippen LogP contribution in [0.1, 0.15) is 35.4 Å². The Morgan fingerprint density at radius 3 is 2.76 bits per heavy atom. The summed E-state index contributed by atoms with van der Waals surface area (Å²) in [6, 6.07) is 12.6. The van der Waals surface area contributed by atoms with Gasteiger partial charge in [0.25, 0.3) is 0 Å². The van der Waals surface area contributed by atoms with Gasteiger partial charge in [0.15, 0.2) is 0 Å². The molecule has 0 aliphatic carbocycles. The zero-order valence-corrected chi connectivity index (χ0v) is 19.5. The van der Waals surface area contributed by atoms with Crippen molar-refractivity contribution < 1.29 is 9.53 Å². The van der Waals surface area contributed by atoms with E-state index in [1.807, 2.05) is 28.6 Å². The van der Waals surface area contributed by atoms with Crippen molar-refractivity contribution in [3.05, 3.63) is 71.4 Å². The number of fused-ring (bicyclic) bond motifs is 2. The molecule has 6 rings (SSSR count). The summed E-state index contributed by atoms with van der Waals surface area (Å²) >= 11 is 0. The lowest BCUT2D eigenvalue weighted by Gasteiger charge is -2.42. The van der Waals surface area contributed by atoms with Gasteiger partial charge in [-0.2, -0.15) is 0 Å². The number of hydrogen-bond donors (Lipinski definition) is 1. The number of nitrogens with one attached hydrogen (secondary N) is 1. The average molecular weight is 459 g/mol. The molecule has 2 saturated heterocycles. The highest BCUT2D eigenvalue weighted by Crippen LogP contribution is 2.45. The summed E-state index contributed by atoms with van der Waals surface area (Å²) in [6.07, 6.45) is 6.73. The Morgan fingerprint density at radius 1 is 1.18 bits per heavy atom. The molecule has 2 aromatic heterocycles. The second kappa shape index (κ2) is 8.29. The molecule has 0 radical (unpaired) electrons. The van der Waals surface area contributed by atoms with Gasteiger partial charge in [0.1, 0.15) is 18.0 Å². The van der Waals surface area contributed by atoms with Crippen LogP contribution in [0.4, 0.5) is 5.82 Å². The Labute approximate surface area is 199 Å². The highest BCUT2D eigenvalue weighted by molar-refractivity contribution is 5.96. The van der Waals surface area contributed by atoms with Gasteiger partial charge in [-0.05, 0) is 43.1 Å². The van der Waals surface area contributed by atoms with Crippen LogP contribution in [0.2, 0.25) is 0 Å². The number of aromatic nitrogens is 4.